The van der Waals surface area contributed by atoms with Gasteiger partial charge in [-0.15, -0.1) is 6.58 Å². The standard InChI is InChI=1S/C20H31N3O5S2/c1-2-3-4-13-29-14-9-17(24)23-12-5-6-16(23)18(25)21-20(10-11-20)19(26)22-30(27,28)15-7-8-15/h2,15-16H,1,3-14H2,(H,21,25)(H,22,26)/t16-/m0/s1. The lowest BCUT2D eigenvalue weighted by atomic mass is 10.1. The Kier molecular flexibility index (Phi) is 7.49. The molecule has 2 aliphatic carbocycles. The van der Waals surface area contributed by atoms with Crippen molar-refractivity contribution < 1.29 is 22.8 Å². The van der Waals surface area contributed by atoms with E-state index in [4.69, 9.17) is 0 Å². The van der Waals surface area contributed by atoms with Gasteiger partial charge >= 0.3 is 0 Å². The van der Waals surface area contributed by atoms with E-state index >= 15 is 0 Å². The molecule has 168 valence electrons. The van der Waals surface area contributed by atoms with Gasteiger partial charge in [0.25, 0.3) is 5.91 Å². The summed E-state index contributed by atoms with van der Waals surface area (Å²) in [6, 6.07) is -0.589. The summed E-state index contributed by atoms with van der Waals surface area (Å²) < 4.78 is 26.2. The summed E-state index contributed by atoms with van der Waals surface area (Å²) in [7, 11) is -3.65. The monoisotopic (exact) mass is 457 g/mol. The summed E-state index contributed by atoms with van der Waals surface area (Å²) in [6.45, 7) is 4.22. The van der Waals surface area contributed by atoms with E-state index in [2.05, 4.69) is 16.6 Å². The van der Waals surface area contributed by atoms with Crippen LogP contribution in [0.15, 0.2) is 12.7 Å². The third-order valence-electron chi connectivity index (χ3n) is 5.78. The third-order valence-corrected chi connectivity index (χ3v) is 8.67. The maximum Gasteiger partial charge on any atom is 0.259 e. The van der Waals surface area contributed by atoms with Crippen LogP contribution >= 0.6 is 11.8 Å². The van der Waals surface area contributed by atoms with Crippen LogP contribution in [0.4, 0.5) is 0 Å². The van der Waals surface area contributed by atoms with Crippen molar-refractivity contribution in [2.45, 2.75) is 74.6 Å². The van der Waals surface area contributed by atoms with Gasteiger partial charge in [-0.1, -0.05) is 6.08 Å². The van der Waals surface area contributed by atoms with Crippen molar-refractivity contribution >= 4 is 39.5 Å². The second kappa shape index (κ2) is 9.72. The minimum absolute atomic E-state index is 0.0468. The molecule has 0 spiro atoms. The molecule has 3 rings (SSSR count). The first-order valence-corrected chi connectivity index (χ1v) is 13.4. The molecule has 1 atom stereocenters. The smallest absolute Gasteiger partial charge is 0.259 e. The van der Waals surface area contributed by atoms with Gasteiger partial charge in [-0.25, -0.2) is 8.42 Å². The van der Waals surface area contributed by atoms with Crippen molar-refractivity contribution in [2.75, 3.05) is 18.1 Å². The van der Waals surface area contributed by atoms with Gasteiger partial charge < -0.3 is 10.2 Å². The van der Waals surface area contributed by atoms with E-state index in [1.54, 1.807) is 16.7 Å². The van der Waals surface area contributed by atoms with E-state index in [0.29, 0.717) is 50.8 Å². The minimum Gasteiger partial charge on any atom is -0.340 e. The Hall–Kier alpha value is -1.55. The second-order valence-corrected chi connectivity index (χ2v) is 11.5. The average molecular weight is 458 g/mol. The summed E-state index contributed by atoms with van der Waals surface area (Å²) in [5.41, 5.74) is -1.16. The fraction of sp³-hybridized carbons (Fsp3) is 0.750. The Balaban J connectivity index is 1.48. The molecule has 2 saturated carbocycles. The van der Waals surface area contributed by atoms with Gasteiger partial charge in [-0.2, -0.15) is 11.8 Å². The van der Waals surface area contributed by atoms with E-state index in [-0.39, 0.29) is 11.8 Å². The van der Waals surface area contributed by atoms with Crippen molar-refractivity contribution in [3.05, 3.63) is 12.7 Å². The maximum atomic E-state index is 12.8. The highest BCUT2D eigenvalue weighted by Crippen LogP contribution is 2.37. The third kappa shape index (κ3) is 5.78. The highest BCUT2D eigenvalue weighted by molar-refractivity contribution is 7.99. The number of nitrogens with one attached hydrogen (secondary N) is 2. The molecule has 1 heterocycles. The van der Waals surface area contributed by atoms with Crippen LogP contribution in [-0.4, -0.2) is 65.9 Å². The van der Waals surface area contributed by atoms with Crippen LogP contribution in [-0.2, 0) is 24.4 Å². The Labute approximate surface area is 182 Å². The van der Waals surface area contributed by atoms with Crippen LogP contribution < -0.4 is 10.0 Å². The molecule has 1 aliphatic heterocycles. The summed E-state index contributed by atoms with van der Waals surface area (Å²) in [5.74, 6) is 0.622. The van der Waals surface area contributed by atoms with Gasteiger partial charge in [0.2, 0.25) is 21.8 Å². The molecular formula is C20H31N3O5S2. The number of carbonyl (C=O) groups excluding carboxylic acids is 3. The van der Waals surface area contributed by atoms with Crippen LogP contribution in [0.3, 0.4) is 0 Å². The topological polar surface area (TPSA) is 113 Å². The van der Waals surface area contributed by atoms with Gasteiger partial charge in [0.1, 0.15) is 11.6 Å². The van der Waals surface area contributed by atoms with Crippen molar-refractivity contribution in [3.8, 4) is 0 Å². The Morgan fingerprint density at radius 2 is 1.90 bits per heavy atom. The highest BCUT2D eigenvalue weighted by Gasteiger charge is 2.54. The number of hydrogen-bond donors (Lipinski definition) is 2. The second-order valence-electron chi connectivity index (χ2n) is 8.29. The van der Waals surface area contributed by atoms with E-state index < -0.39 is 32.8 Å². The number of amides is 3. The molecule has 0 aromatic rings. The van der Waals surface area contributed by atoms with Gasteiger partial charge in [-0.05, 0) is 57.1 Å². The molecule has 1 saturated heterocycles. The zero-order valence-electron chi connectivity index (χ0n) is 17.2. The quantitative estimate of drug-likeness (QED) is 0.338. The molecule has 3 fully saturated rings. The number of likely N-dealkylation sites (tertiary alicyclic amines) is 1. The summed E-state index contributed by atoms with van der Waals surface area (Å²) in [5, 5.41) is 2.25. The SMILES string of the molecule is C=CCCCSCCC(=O)N1CCC[C@H]1C(=O)NC1(C(=O)NS(=O)(=O)C2CC2)CC1. The number of allylic oxidation sites excluding steroid dienone is 1. The van der Waals surface area contributed by atoms with E-state index in [1.165, 1.54) is 0 Å². The first-order chi connectivity index (χ1) is 14.3. The van der Waals surface area contributed by atoms with Crippen molar-refractivity contribution in [2.24, 2.45) is 0 Å². The highest BCUT2D eigenvalue weighted by atomic mass is 32.2. The zero-order chi connectivity index (χ0) is 21.8. The lowest BCUT2D eigenvalue weighted by Crippen LogP contribution is -2.55. The number of hydrogen-bond acceptors (Lipinski definition) is 6. The number of thioether (sulfide) groups is 1. The average Bonchev–Trinajstić information content (AvgIpc) is 3.62. The predicted molar refractivity (Wildman–Crippen MR) is 116 cm³/mol. The van der Waals surface area contributed by atoms with Crippen LogP contribution in [0.2, 0.25) is 0 Å². The van der Waals surface area contributed by atoms with Gasteiger partial charge in [0.15, 0.2) is 0 Å². The summed E-state index contributed by atoms with van der Waals surface area (Å²) in [6.07, 6.45) is 7.51. The van der Waals surface area contributed by atoms with E-state index in [1.807, 2.05) is 6.08 Å². The normalized spacial score (nSPS) is 22.4. The van der Waals surface area contributed by atoms with Crippen molar-refractivity contribution in [1.29, 1.82) is 0 Å². The molecule has 0 bridgehead atoms. The molecule has 10 heteroatoms. The molecule has 0 aromatic heterocycles. The molecule has 3 amide bonds. The lowest BCUT2D eigenvalue weighted by Gasteiger charge is -2.26. The lowest BCUT2D eigenvalue weighted by molar-refractivity contribution is -0.139. The van der Waals surface area contributed by atoms with Gasteiger partial charge in [-0.3, -0.25) is 19.1 Å². The first-order valence-electron chi connectivity index (χ1n) is 10.7. The number of unbranched alkanes of at least 4 members (excludes halogenated alkanes) is 1. The zero-order valence-corrected chi connectivity index (χ0v) is 18.9. The predicted octanol–water partition coefficient (Wildman–Crippen LogP) is 1.32. The number of nitrogens with zero attached hydrogens (tertiary/aromatic N) is 1. The van der Waals surface area contributed by atoms with E-state index in [9.17, 15) is 22.8 Å². The molecule has 3 aliphatic rings. The molecule has 30 heavy (non-hydrogen) atoms. The Bertz CT molecular complexity index is 790. The summed E-state index contributed by atoms with van der Waals surface area (Å²) in [4.78, 5) is 39.5. The molecule has 0 unspecified atom stereocenters. The minimum atomic E-state index is -3.65. The first kappa shape index (κ1) is 23.1. The molecule has 2 N–H and O–H groups in total. The van der Waals surface area contributed by atoms with E-state index in [0.717, 1.165) is 25.0 Å². The van der Waals surface area contributed by atoms with Crippen LogP contribution in [0.1, 0.15) is 57.8 Å². The molecule has 0 radical (unpaired) electrons. The molecular weight excluding hydrogens is 426 g/mol. The number of carbonyl (C=O) groups is 3. The van der Waals surface area contributed by atoms with Crippen LogP contribution in [0.25, 0.3) is 0 Å². The van der Waals surface area contributed by atoms with Crippen LogP contribution in [0.5, 0.6) is 0 Å². The van der Waals surface area contributed by atoms with Crippen molar-refractivity contribution in [3.63, 3.8) is 0 Å². The van der Waals surface area contributed by atoms with Crippen molar-refractivity contribution in [1.82, 2.24) is 14.9 Å². The molecule has 0 aromatic carbocycles. The number of sulfonamides is 1. The van der Waals surface area contributed by atoms with Gasteiger partial charge in [0.05, 0.1) is 5.25 Å². The maximum absolute atomic E-state index is 12.8. The Morgan fingerprint density at radius 3 is 2.53 bits per heavy atom. The summed E-state index contributed by atoms with van der Waals surface area (Å²) >= 11 is 1.72. The largest absolute Gasteiger partial charge is 0.340 e. The fourth-order valence-corrected chi connectivity index (χ4v) is 5.89. The molecule has 8 nitrogen and oxygen atoms in total. The fourth-order valence-electron chi connectivity index (χ4n) is 3.61. The van der Waals surface area contributed by atoms with Gasteiger partial charge in [0, 0.05) is 18.7 Å². The number of rotatable bonds is 12. The van der Waals surface area contributed by atoms with Crippen LogP contribution in [0, 0.1) is 0 Å². The Morgan fingerprint density at radius 1 is 1.17 bits per heavy atom.